The lowest BCUT2D eigenvalue weighted by Crippen LogP contribution is -2.43. The van der Waals surface area contributed by atoms with Crippen molar-refractivity contribution in [1.82, 2.24) is 18.8 Å². The number of hydrogen-bond donors (Lipinski definition) is 2. The van der Waals surface area contributed by atoms with E-state index in [0.29, 0.717) is 35.6 Å². The normalized spacial score (nSPS) is 18.0. The molecule has 4 aromatic rings. The van der Waals surface area contributed by atoms with Gasteiger partial charge in [-0.1, -0.05) is 13.8 Å². The number of carbonyl (C=O) groups is 1. The first-order valence-electron chi connectivity index (χ1n) is 14.5. The summed E-state index contributed by atoms with van der Waals surface area (Å²) in [5, 5.41) is 11.3. The highest BCUT2D eigenvalue weighted by Crippen LogP contribution is 2.39. The van der Waals surface area contributed by atoms with Crippen LogP contribution in [0.25, 0.3) is 22.3 Å². The van der Waals surface area contributed by atoms with E-state index in [0.717, 1.165) is 53.3 Å². The minimum absolute atomic E-state index is 0.175. The molecule has 224 valence electrons. The molecular formula is C32H34FN5O4S. The summed E-state index contributed by atoms with van der Waals surface area (Å²) in [4.78, 5) is 33.8. The molecular weight excluding hydrogens is 569 g/mol. The predicted octanol–water partition coefficient (Wildman–Crippen LogP) is 4.40. The molecule has 2 aromatic heterocycles. The summed E-state index contributed by atoms with van der Waals surface area (Å²) in [5.41, 5.74) is 10.8. The quantitative estimate of drug-likeness (QED) is 0.175. The van der Waals surface area contributed by atoms with Gasteiger partial charge in [-0.15, -0.1) is 0 Å². The number of aryl methyl sites for hydroxylation is 1. The number of aliphatic hydroxyl groups is 1. The third-order valence-electron chi connectivity index (χ3n) is 8.18. The van der Waals surface area contributed by atoms with Crippen molar-refractivity contribution in [2.75, 3.05) is 31.9 Å². The van der Waals surface area contributed by atoms with Crippen LogP contribution in [0.4, 0.5) is 10.1 Å². The van der Waals surface area contributed by atoms with Crippen LogP contribution >= 0.6 is 11.9 Å². The molecule has 0 spiro atoms. The molecule has 7 rings (SSSR count). The molecule has 0 radical (unpaired) electrons. The highest BCUT2D eigenvalue weighted by Gasteiger charge is 2.35. The number of aliphatic hydroxyl groups excluding tert-OH is 1. The van der Waals surface area contributed by atoms with Crippen molar-refractivity contribution in [1.29, 1.82) is 0 Å². The number of ether oxygens (including phenoxy) is 1. The van der Waals surface area contributed by atoms with Crippen molar-refractivity contribution in [3.63, 3.8) is 0 Å². The Labute approximate surface area is 253 Å². The highest BCUT2D eigenvalue weighted by atomic mass is 32.2. The van der Waals surface area contributed by atoms with Crippen LogP contribution in [0, 0.1) is 12.7 Å². The molecule has 3 N–H and O–H groups in total. The van der Waals surface area contributed by atoms with E-state index in [1.807, 2.05) is 44.2 Å². The zero-order valence-corrected chi connectivity index (χ0v) is 25.2. The van der Waals surface area contributed by atoms with E-state index in [9.17, 15) is 19.1 Å². The van der Waals surface area contributed by atoms with E-state index in [-0.39, 0.29) is 29.1 Å². The van der Waals surface area contributed by atoms with Crippen molar-refractivity contribution in [2.45, 2.75) is 51.5 Å². The van der Waals surface area contributed by atoms with Crippen molar-refractivity contribution >= 4 is 34.5 Å². The molecule has 43 heavy (non-hydrogen) atoms. The van der Waals surface area contributed by atoms with Crippen LogP contribution in [0.5, 0.6) is 0 Å². The highest BCUT2D eigenvalue weighted by molar-refractivity contribution is 7.97. The Hall–Kier alpha value is -3.77. The van der Waals surface area contributed by atoms with E-state index in [1.165, 1.54) is 6.07 Å². The maximum atomic E-state index is 14.7. The van der Waals surface area contributed by atoms with Gasteiger partial charge in [-0.05, 0) is 66.4 Å². The zero-order chi connectivity index (χ0) is 30.4. The standard InChI is InChI=1S/C30H28FN5O4S.C2H6/c1-16-10-19-21(13-34-6-8-35(9-7-34)41-18-4-2-17(32)3-5-18)22-14-36-26(27(22)33-25(19)12-24(16)31)11-20-23(29(36)38)15-40-30(39)28(20)37;1-2/h2-5,10-12,28,37H,6-9,13-15,32H2,1H3;1-2H3. The number of nitrogens with two attached hydrogens (primary N) is 1. The second-order valence-electron chi connectivity index (χ2n) is 10.8. The molecule has 11 heteroatoms. The van der Waals surface area contributed by atoms with Gasteiger partial charge >= 0.3 is 5.97 Å². The maximum absolute atomic E-state index is 14.7. The third-order valence-corrected chi connectivity index (χ3v) is 9.29. The summed E-state index contributed by atoms with van der Waals surface area (Å²) in [6, 6.07) is 12.8. The molecule has 0 saturated carbocycles. The van der Waals surface area contributed by atoms with Crippen molar-refractivity contribution < 1.29 is 19.0 Å². The van der Waals surface area contributed by atoms with E-state index >= 15 is 0 Å². The number of nitrogen functional groups attached to an aromatic ring is 1. The molecule has 1 unspecified atom stereocenters. The molecule has 0 aliphatic carbocycles. The number of pyridine rings is 2. The van der Waals surface area contributed by atoms with Gasteiger partial charge in [-0.3, -0.25) is 9.69 Å². The van der Waals surface area contributed by atoms with Gasteiger partial charge in [0.1, 0.15) is 12.4 Å². The van der Waals surface area contributed by atoms with Gasteiger partial charge in [-0.25, -0.2) is 18.5 Å². The van der Waals surface area contributed by atoms with Crippen LogP contribution < -0.4 is 11.3 Å². The van der Waals surface area contributed by atoms with Crippen LogP contribution in [-0.2, 0) is 29.2 Å². The lowest BCUT2D eigenvalue weighted by atomic mass is 9.97. The lowest BCUT2D eigenvalue weighted by molar-refractivity contribution is -0.157. The van der Waals surface area contributed by atoms with Gasteiger partial charge in [0.15, 0.2) is 6.10 Å². The maximum Gasteiger partial charge on any atom is 0.340 e. The average molecular weight is 604 g/mol. The second-order valence-corrected chi connectivity index (χ2v) is 11.9. The number of carbonyl (C=O) groups excluding carboxylic acids is 1. The first-order valence-corrected chi connectivity index (χ1v) is 15.3. The Morgan fingerprint density at radius 1 is 1.07 bits per heavy atom. The number of piperazine rings is 1. The van der Waals surface area contributed by atoms with Crippen LogP contribution in [0.15, 0.2) is 52.2 Å². The molecule has 3 aliphatic heterocycles. The number of benzene rings is 2. The Kier molecular flexibility index (Phi) is 7.99. The Bertz CT molecular complexity index is 1780. The van der Waals surface area contributed by atoms with Gasteiger partial charge in [0.2, 0.25) is 0 Å². The molecule has 2 aromatic carbocycles. The third kappa shape index (κ3) is 5.31. The number of aromatic nitrogens is 2. The summed E-state index contributed by atoms with van der Waals surface area (Å²) in [7, 11) is 0. The molecule has 5 heterocycles. The number of esters is 1. The Morgan fingerprint density at radius 3 is 2.51 bits per heavy atom. The number of nitrogens with zero attached hydrogens (tertiary/aromatic N) is 4. The number of hydrogen-bond acceptors (Lipinski definition) is 9. The molecule has 0 amide bonds. The van der Waals surface area contributed by atoms with Gasteiger partial charge in [0.25, 0.3) is 5.56 Å². The van der Waals surface area contributed by atoms with Gasteiger partial charge < -0.3 is 20.1 Å². The molecule has 1 atom stereocenters. The summed E-state index contributed by atoms with van der Waals surface area (Å²) in [6.45, 7) is 9.91. The van der Waals surface area contributed by atoms with Gasteiger partial charge in [0, 0.05) is 65.9 Å². The van der Waals surface area contributed by atoms with Gasteiger partial charge in [-0.2, -0.15) is 0 Å². The van der Waals surface area contributed by atoms with E-state index < -0.39 is 12.1 Å². The van der Waals surface area contributed by atoms with Crippen LogP contribution in [0.2, 0.25) is 0 Å². The second kappa shape index (κ2) is 11.7. The first kappa shape index (κ1) is 29.3. The fraction of sp³-hybridized carbons (Fsp3) is 0.344. The Morgan fingerprint density at radius 2 is 1.79 bits per heavy atom. The molecule has 0 bridgehead atoms. The molecule has 1 saturated heterocycles. The largest absolute Gasteiger partial charge is 0.458 e. The molecule has 9 nitrogen and oxygen atoms in total. The summed E-state index contributed by atoms with van der Waals surface area (Å²) < 4.78 is 23.7. The predicted molar refractivity (Wildman–Crippen MR) is 165 cm³/mol. The first-order chi connectivity index (χ1) is 20.8. The number of halogens is 1. The van der Waals surface area contributed by atoms with E-state index in [1.54, 1.807) is 29.5 Å². The minimum atomic E-state index is -1.52. The molecule has 3 aliphatic rings. The SMILES string of the molecule is CC.Cc1cc2c(CN3CCN(Sc4ccc(N)cc4)CC3)c3c(nc2cc1F)-c1cc2c(c(=O)n1C3)COC(=O)C2O. The van der Waals surface area contributed by atoms with Crippen molar-refractivity contribution in [3.05, 3.63) is 86.5 Å². The smallest absolute Gasteiger partial charge is 0.340 e. The lowest BCUT2D eigenvalue weighted by Gasteiger charge is -2.34. The van der Waals surface area contributed by atoms with Crippen molar-refractivity contribution in [3.8, 4) is 11.4 Å². The number of anilines is 1. The van der Waals surface area contributed by atoms with Crippen LogP contribution in [0.1, 0.15) is 47.8 Å². The number of rotatable bonds is 4. The Balaban J connectivity index is 0.00000161. The fourth-order valence-corrected chi connectivity index (χ4v) is 6.80. The van der Waals surface area contributed by atoms with Gasteiger partial charge in [0.05, 0.1) is 29.0 Å². The zero-order valence-electron chi connectivity index (χ0n) is 24.4. The van der Waals surface area contributed by atoms with Crippen LogP contribution in [-0.4, -0.2) is 56.0 Å². The monoisotopic (exact) mass is 603 g/mol. The fourth-order valence-electron chi connectivity index (χ4n) is 5.90. The molecule has 1 fully saturated rings. The van der Waals surface area contributed by atoms with E-state index in [4.69, 9.17) is 15.5 Å². The average Bonchev–Trinajstić information content (AvgIpc) is 3.38. The summed E-state index contributed by atoms with van der Waals surface area (Å²) in [5.74, 6) is -1.12. The topological polar surface area (TPSA) is 114 Å². The van der Waals surface area contributed by atoms with Crippen LogP contribution in [0.3, 0.4) is 0 Å². The van der Waals surface area contributed by atoms with Crippen molar-refractivity contribution in [2.24, 2.45) is 0 Å². The summed E-state index contributed by atoms with van der Waals surface area (Å²) in [6.07, 6.45) is -1.52. The number of fused-ring (bicyclic) bond motifs is 5. The summed E-state index contributed by atoms with van der Waals surface area (Å²) >= 11 is 1.72. The number of cyclic esters (lactones) is 1. The minimum Gasteiger partial charge on any atom is -0.458 e. The van der Waals surface area contributed by atoms with E-state index in [2.05, 4.69) is 9.21 Å².